The SMILES string of the molecule is CC(CCC(C)(C)C(C)C)C1CCC2C3CCC4CC(O)CCC4(C)C3CCC12C. The Balaban J connectivity index is 1.46. The Labute approximate surface area is 188 Å². The summed E-state index contributed by atoms with van der Waals surface area (Å²) < 4.78 is 0. The predicted molar refractivity (Wildman–Crippen MR) is 128 cm³/mol. The maximum absolute atomic E-state index is 10.3. The minimum Gasteiger partial charge on any atom is -0.393 e. The van der Waals surface area contributed by atoms with Gasteiger partial charge >= 0.3 is 0 Å². The monoisotopic (exact) mass is 416 g/mol. The molecule has 0 aromatic carbocycles. The van der Waals surface area contributed by atoms with E-state index in [0.717, 1.165) is 54.3 Å². The third kappa shape index (κ3) is 3.72. The number of rotatable bonds is 5. The molecule has 0 bridgehead atoms. The first kappa shape index (κ1) is 23.1. The van der Waals surface area contributed by atoms with Crippen molar-refractivity contribution in [1.82, 2.24) is 0 Å². The zero-order valence-electron chi connectivity index (χ0n) is 21.3. The molecule has 0 radical (unpaired) electrons. The molecule has 0 heterocycles. The largest absolute Gasteiger partial charge is 0.393 e. The van der Waals surface area contributed by atoms with Crippen molar-refractivity contribution in [2.24, 2.45) is 57.7 Å². The molecule has 0 aliphatic heterocycles. The molecule has 174 valence electrons. The number of hydrogen-bond donors (Lipinski definition) is 1. The number of aliphatic hydroxyl groups is 1. The molecule has 4 fully saturated rings. The highest BCUT2D eigenvalue weighted by Crippen LogP contribution is 2.68. The summed E-state index contributed by atoms with van der Waals surface area (Å²) in [7, 11) is 0. The minimum absolute atomic E-state index is 0.0136. The first-order valence-corrected chi connectivity index (χ1v) is 13.7. The molecule has 30 heavy (non-hydrogen) atoms. The lowest BCUT2D eigenvalue weighted by molar-refractivity contribution is -0.129. The van der Waals surface area contributed by atoms with Crippen LogP contribution in [0.2, 0.25) is 0 Å². The Morgan fingerprint density at radius 3 is 2.23 bits per heavy atom. The molecule has 0 amide bonds. The summed E-state index contributed by atoms with van der Waals surface area (Å²) in [6, 6.07) is 0. The van der Waals surface area contributed by atoms with Gasteiger partial charge in [0.2, 0.25) is 0 Å². The van der Waals surface area contributed by atoms with Gasteiger partial charge in [-0.25, -0.2) is 0 Å². The van der Waals surface area contributed by atoms with E-state index in [4.69, 9.17) is 0 Å². The Kier molecular flexibility index (Phi) is 6.22. The molecule has 0 aromatic rings. The molecule has 1 nitrogen and oxygen atoms in total. The molecule has 4 aliphatic rings. The Hall–Kier alpha value is -0.0400. The van der Waals surface area contributed by atoms with Crippen molar-refractivity contribution >= 4 is 0 Å². The highest BCUT2D eigenvalue weighted by molar-refractivity contribution is 5.09. The van der Waals surface area contributed by atoms with Crippen molar-refractivity contribution in [3.8, 4) is 0 Å². The van der Waals surface area contributed by atoms with Crippen molar-refractivity contribution in [3.63, 3.8) is 0 Å². The minimum atomic E-state index is -0.0136. The molecule has 4 aliphatic carbocycles. The zero-order chi connectivity index (χ0) is 21.9. The third-order valence-electron chi connectivity index (χ3n) is 12.2. The summed E-state index contributed by atoms with van der Waals surface area (Å²) in [5.41, 5.74) is 1.59. The highest BCUT2D eigenvalue weighted by atomic mass is 16.3. The van der Waals surface area contributed by atoms with E-state index >= 15 is 0 Å². The summed E-state index contributed by atoms with van der Waals surface area (Å²) >= 11 is 0. The second-order valence-corrected chi connectivity index (χ2v) is 14.0. The lowest BCUT2D eigenvalue weighted by Gasteiger charge is -2.61. The van der Waals surface area contributed by atoms with E-state index < -0.39 is 0 Å². The van der Waals surface area contributed by atoms with Crippen molar-refractivity contribution in [2.45, 2.75) is 125 Å². The second kappa shape index (κ2) is 8.07. The molecule has 1 heteroatoms. The Bertz CT molecular complexity index is 607. The standard InChI is InChI=1S/C29H52O/c1-19(2)27(4,5)15-12-20(3)24-10-11-25-23-9-8-21-18-22(30)13-16-28(21,6)26(23)14-17-29(24,25)7/h19-26,30H,8-18H2,1-7H3. The molecule has 0 aromatic heterocycles. The van der Waals surface area contributed by atoms with Crippen LogP contribution in [0.1, 0.15) is 119 Å². The van der Waals surface area contributed by atoms with Gasteiger partial charge in [-0.05, 0) is 128 Å². The fourth-order valence-corrected chi connectivity index (χ4v) is 9.30. The van der Waals surface area contributed by atoms with Crippen LogP contribution in [-0.4, -0.2) is 11.2 Å². The van der Waals surface area contributed by atoms with E-state index in [9.17, 15) is 5.11 Å². The van der Waals surface area contributed by atoms with Crippen molar-refractivity contribution in [2.75, 3.05) is 0 Å². The molecule has 9 unspecified atom stereocenters. The lowest BCUT2D eigenvalue weighted by Crippen LogP contribution is -2.54. The fraction of sp³-hybridized carbons (Fsp3) is 1.00. The molecule has 4 saturated carbocycles. The van der Waals surface area contributed by atoms with Crippen LogP contribution in [0.15, 0.2) is 0 Å². The zero-order valence-corrected chi connectivity index (χ0v) is 21.3. The first-order valence-electron chi connectivity index (χ1n) is 13.7. The smallest absolute Gasteiger partial charge is 0.0543 e. The van der Waals surface area contributed by atoms with Gasteiger partial charge in [0.05, 0.1) is 6.10 Å². The average Bonchev–Trinajstić information content (AvgIpc) is 3.04. The van der Waals surface area contributed by atoms with Gasteiger partial charge < -0.3 is 5.11 Å². The predicted octanol–water partition coefficient (Wildman–Crippen LogP) is 8.10. The van der Waals surface area contributed by atoms with Crippen LogP contribution in [-0.2, 0) is 0 Å². The summed E-state index contributed by atoms with van der Waals surface area (Å²) in [4.78, 5) is 0. The molecule has 0 saturated heterocycles. The van der Waals surface area contributed by atoms with Gasteiger partial charge in [-0.15, -0.1) is 0 Å². The van der Waals surface area contributed by atoms with Crippen LogP contribution in [0, 0.1) is 57.7 Å². The maximum atomic E-state index is 10.3. The fourth-order valence-electron chi connectivity index (χ4n) is 9.30. The van der Waals surface area contributed by atoms with Crippen molar-refractivity contribution in [3.05, 3.63) is 0 Å². The van der Waals surface area contributed by atoms with Crippen LogP contribution in [0.5, 0.6) is 0 Å². The van der Waals surface area contributed by atoms with Crippen LogP contribution >= 0.6 is 0 Å². The normalized spacial score (nSPS) is 47.5. The van der Waals surface area contributed by atoms with Gasteiger partial charge in [0.1, 0.15) is 0 Å². The molecule has 9 atom stereocenters. The summed E-state index contributed by atoms with van der Waals surface area (Å²) in [5.74, 6) is 6.29. The van der Waals surface area contributed by atoms with Crippen LogP contribution in [0.4, 0.5) is 0 Å². The average molecular weight is 417 g/mol. The number of hydrogen-bond acceptors (Lipinski definition) is 1. The third-order valence-corrected chi connectivity index (χ3v) is 12.2. The highest BCUT2D eigenvalue weighted by Gasteiger charge is 2.60. The molecule has 4 rings (SSSR count). The van der Waals surface area contributed by atoms with E-state index in [-0.39, 0.29) is 6.10 Å². The van der Waals surface area contributed by atoms with E-state index in [2.05, 4.69) is 48.5 Å². The summed E-state index contributed by atoms with van der Waals surface area (Å²) in [6.45, 7) is 17.7. The molecule has 1 N–H and O–H groups in total. The Morgan fingerprint density at radius 2 is 1.53 bits per heavy atom. The van der Waals surface area contributed by atoms with E-state index in [1.165, 1.54) is 57.8 Å². The van der Waals surface area contributed by atoms with Gasteiger partial charge in [0, 0.05) is 0 Å². The summed E-state index contributed by atoms with van der Waals surface area (Å²) in [6.07, 6.45) is 15.0. The Morgan fingerprint density at radius 1 is 0.867 bits per heavy atom. The van der Waals surface area contributed by atoms with Crippen LogP contribution in [0.3, 0.4) is 0 Å². The first-order chi connectivity index (χ1) is 14.0. The molecule has 0 spiro atoms. The second-order valence-electron chi connectivity index (χ2n) is 14.0. The van der Waals surface area contributed by atoms with E-state index in [1.54, 1.807) is 0 Å². The van der Waals surface area contributed by atoms with Gasteiger partial charge in [-0.3, -0.25) is 0 Å². The van der Waals surface area contributed by atoms with Gasteiger partial charge in [-0.1, -0.05) is 48.5 Å². The van der Waals surface area contributed by atoms with Crippen molar-refractivity contribution < 1.29 is 5.11 Å². The lowest BCUT2D eigenvalue weighted by atomic mass is 9.44. The van der Waals surface area contributed by atoms with Gasteiger partial charge in [0.15, 0.2) is 0 Å². The molecular formula is C29H52O. The quantitative estimate of drug-likeness (QED) is 0.480. The molecular weight excluding hydrogens is 364 g/mol. The van der Waals surface area contributed by atoms with E-state index in [1.807, 2.05) is 0 Å². The number of fused-ring (bicyclic) bond motifs is 5. The van der Waals surface area contributed by atoms with Crippen LogP contribution < -0.4 is 0 Å². The van der Waals surface area contributed by atoms with Gasteiger partial charge in [-0.2, -0.15) is 0 Å². The topological polar surface area (TPSA) is 20.2 Å². The van der Waals surface area contributed by atoms with Crippen LogP contribution in [0.25, 0.3) is 0 Å². The number of aliphatic hydroxyl groups excluding tert-OH is 1. The van der Waals surface area contributed by atoms with Gasteiger partial charge in [0.25, 0.3) is 0 Å². The maximum Gasteiger partial charge on any atom is 0.0543 e. The summed E-state index contributed by atoms with van der Waals surface area (Å²) in [5, 5.41) is 10.3. The van der Waals surface area contributed by atoms with E-state index in [0.29, 0.717) is 16.2 Å². The van der Waals surface area contributed by atoms with Crippen molar-refractivity contribution in [1.29, 1.82) is 0 Å².